The molecule has 0 radical (unpaired) electrons. The molecule has 0 bridgehead atoms. The van der Waals surface area contributed by atoms with Gasteiger partial charge in [0.25, 0.3) is 0 Å². The molecule has 0 atom stereocenters. The van der Waals surface area contributed by atoms with E-state index in [9.17, 15) is 4.79 Å². The summed E-state index contributed by atoms with van der Waals surface area (Å²) in [7, 11) is 0. The van der Waals surface area contributed by atoms with E-state index in [-0.39, 0.29) is 12.3 Å². The second-order valence-electron chi connectivity index (χ2n) is 10.2. The molecule has 4 nitrogen and oxygen atoms in total. The molecule has 3 rings (SSSR count). The molecule has 0 fully saturated rings. The number of nitrogens with zero attached hydrogens (tertiary/aromatic N) is 1. The summed E-state index contributed by atoms with van der Waals surface area (Å²) in [5.41, 5.74) is 2.75. The van der Waals surface area contributed by atoms with Crippen LogP contribution in [0.25, 0.3) is 0 Å². The van der Waals surface area contributed by atoms with E-state index in [4.69, 9.17) is 16.3 Å². The van der Waals surface area contributed by atoms with E-state index in [1.807, 2.05) is 36.4 Å². The Kier molecular flexibility index (Phi) is 14.6. The second-order valence-corrected chi connectivity index (χ2v) is 11.5. The normalized spacial score (nSPS) is 12.7. The number of unbranched alkanes of at least 4 members (excludes halogenated alkanes) is 11. The second kappa shape index (κ2) is 18.2. The zero-order chi connectivity index (χ0) is 26.8. The summed E-state index contributed by atoms with van der Waals surface area (Å²) >= 11 is 8.27. The van der Waals surface area contributed by atoms with Crippen LogP contribution < -0.4 is 10.1 Å². The first-order valence-electron chi connectivity index (χ1n) is 14.5. The van der Waals surface area contributed by atoms with Crippen LogP contribution in [0.3, 0.4) is 0 Å². The fraction of sp³-hybridized carbons (Fsp3) is 0.531. The van der Waals surface area contributed by atoms with E-state index >= 15 is 0 Å². The number of hydrogen-bond donors (Lipinski definition) is 1. The minimum absolute atomic E-state index is 0.0733. The molecule has 0 saturated carbocycles. The van der Waals surface area contributed by atoms with Crippen molar-refractivity contribution in [3.63, 3.8) is 0 Å². The van der Waals surface area contributed by atoms with Crippen molar-refractivity contribution < 1.29 is 9.53 Å². The third-order valence-corrected chi connectivity index (χ3v) is 8.06. The third-order valence-electron chi connectivity index (χ3n) is 6.92. The average Bonchev–Trinajstić information content (AvgIpc) is 3.43. The first-order valence-corrected chi connectivity index (χ1v) is 15.9. The standard InChI is InChI=1S/C32H45ClN2O2S/c1-2-3-4-5-6-7-8-9-10-11-12-15-21-37-29-19-18-27(30(33)24-29)23-32(36)34-31-17-14-13-16-28(31)25-35-20-22-38-26-35/h13-14,16-20,22,24H,2-12,15,21,23,25-26H2,1H3,(H,34,36). The van der Waals surface area contributed by atoms with Crippen molar-refractivity contribution >= 4 is 35.0 Å². The number of hydrogen-bond acceptors (Lipinski definition) is 4. The highest BCUT2D eigenvalue weighted by molar-refractivity contribution is 8.02. The average molecular weight is 557 g/mol. The summed E-state index contributed by atoms with van der Waals surface area (Å²) in [5.74, 6) is 1.63. The Hall–Kier alpha value is -2.11. The number of rotatable bonds is 19. The maximum atomic E-state index is 12.8. The molecular weight excluding hydrogens is 512 g/mol. The highest BCUT2D eigenvalue weighted by Crippen LogP contribution is 2.25. The Labute approximate surface area is 239 Å². The number of amides is 1. The topological polar surface area (TPSA) is 41.6 Å². The first-order chi connectivity index (χ1) is 18.7. The third kappa shape index (κ3) is 11.7. The SMILES string of the molecule is CCCCCCCCCCCCCCOc1ccc(CC(=O)Nc2ccccc2CN2C=CSC2)c(Cl)c1. The molecule has 6 heteroatoms. The molecular formula is C32H45ClN2O2S. The van der Waals surface area contributed by atoms with Crippen molar-refractivity contribution in [1.82, 2.24) is 4.90 Å². The predicted molar refractivity (Wildman–Crippen MR) is 164 cm³/mol. The van der Waals surface area contributed by atoms with Crippen molar-refractivity contribution in [2.45, 2.75) is 96.9 Å². The van der Waals surface area contributed by atoms with Crippen molar-refractivity contribution in [3.8, 4) is 5.75 Å². The summed E-state index contributed by atoms with van der Waals surface area (Å²) in [6, 6.07) is 13.6. The lowest BCUT2D eigenvalue weighted by Gasteiger charge is -2.18. The number of carbonyl (C=O) groups excluding carboxylic acids is 1. The fourth-order valence-corrected chi connectivity index (χ4v) is 5.62. The Morgan fingerprint density at radius 3 is 2.26 bits per heavy atom. The van der Waals surface area contributed by atoms with Crippen LogP contribution in [0, 0.1) is 0 Å². The van der Waals surface area contributed by atoms with E-state index in [2.05, 4.69) is 34.8 Å². The van der Waals surface area contributed by atoms with Gasteiger partial charge < -0.3 is 15.0 Å². The highest BCUT2D eigenvalue weighted by Gasteiger charge is 2.13. The number of carbonyl (C=O) groups is 1. The number of thioether (sulfide) groups is 1. The van der Waals surface area contributed by atoms with Gasteiger partial charge in [0.05, 0.1) is 18.9 Å². The van der Waals surface area contributed by atoms with E-state index in [0.29, 0.717) is 11.6 Å². The molecule has 1 aliphatic heterocycles. The first kappa shape index (κ1) is 30.4. The van der Waals surface area contributed by atoms with E-state index in [1.165, 1.54) is 70.6 Å². The van der Waals surface area contributed by atoms with E-state index in [1.54, 1.807) is 11.8 Å². The van der Waals surface area contributed by atoms with Gasteiger partial charge in [-0.2, -0.15) is 0 Å². The Morgan fingerprint density at radius 2 is 1.61 bits per heavy atom. The van der Waals surface area contributed by atoms with Gasteiger partial charge >= 0.3 is 0 Å². The minimum atomic E-state index is -0.0733. The lowest BCUT2D eigenvalue weighted by atomic mass is 10.1. The molecule has 2 aromatic carbocycles. The van der Waals surface area contributed by atoms with Crippen LogP contribution in [-0.4, -0.2) is 23.3 Å². The largest absolute Gasteiger partial charge is 0.494 e. The summed E-state index contributed by atoms with van der Waals surface area (Å²) in [6.07, 6.45) is 18.3. The molecule has 1 amide bonds. The van der Waals surface area contributed by atoms with Crippen LogP contribution in [0.15, 0.2) is 54.1 Å². The molecule has 0 aliphatic carbocycles. The van der Waals surface area contributed by atoms with Gasteiger partial charge in [0.2, 0.25) is 5.91 Å². The summed E-state index contributed by atoms with van der Waals surface area (Å²) < 4.78 is 5.92. The molecule has 1 N–H and O–H groups in total. The zero-order valence-electron chi connectivity index (χ0n) is 23.1. The monoisotopic (exact) mass is 556 g/mol. The Morgan fingerprint density at radius 1 is 0.921 bits per heavy atom. The van der Waals surface area contributed by atoms with Crippen LogP contribution >= 0.6 is 23.4 Å². The molecule has 0 saturated heterocycles. The maximum Gasteiger partial charge on any atom is 0.228 e. The van der Waals surface area contributed by atoms with Crippen LogP contribution in [0.4, 0.5) is 5.69 Å². The number of nitrogens with one attached hydrogen (secondary N) is 1. The smallest absolute Gasteiger partial charge is 0.228 e. The molecule has 1 aliphatic rings. The molecule has 0 unspecified atom stereocenters. The Balaban J connectivity index is 1.30. The van der Waals surface area contributed by atoms with Crippen LogP contribution in [0.2, 0.25) is 5.02 Å². The number of halogens is 1. The van der Waals surface area contributed by atoms with Crippen molar-refractivity contribution in [3.05, 3.63) is 70.2 Å². The van der Waals surface area contributed by atoms with Crippen molar-refractivity contribution in [2.24, 2.45) is 0 Å². The molecule has 208 valence electrons. The zero-order valence-corrected chi connectivity index (χ0v) is 24.6. The lowest BCUT2D eigenvalue weighted by molar-refractivity contribution is -0.115. The van der Waals surface area contributed by atoms with E-state index in [0.717, 1.165) is 41.4 Å². The quantitative estimate of drug-likeness (QED) is 0.175. The number of para-hydroxylation sites is 1. The van der Waals surface area contributed by atoms with Gasteiger partial charge in [-0.05, 0) is 41.2 Å². The predicted octanol–water partition coefficient (Wildman–Crippen LogP) is 9.58. The molecule has 0 aromatic heterocycles. The summed E-state index contributed by atoms with van der Waals surface area (Å²) in [5, 5.41) is 5.73. The maximum absolute atomic E-state index is 12.8. The molecule has 0 spiro atoms. The number of anilines is 1. The number of benzene rings is 2. The molecule has 2 aromatic rings. The van der Waals surface area contributed by atoms with Crippen molar-refractivity contribution in [2.75, 3.05) is 17.8 Å². The van der Waals surface area contributed by atoms with Gasteiger partial charge in [-0.3, -0.25) is 4.79 Å². The minimum Gasteiger partial charge on any atom is -0.494 e. The van der Waals surface area contributed by atoms with Gasteiger partial charge in [-0.15, -0.1) is 11.8 Å². The highest BCUT2D eigenvalue weighted by atomic mass is 35.5. The number of ether oxygens (including phenoxy) is 1. The lowest BCUT2D eigenvalue weighted by Crippen LogP contribution is -2.18. The van der Waals surface area contributed by atoms with Gasteiger partial charge in [0, 0.05) is 23.5 Å². The van der Waals surface area contributed by atoms with E-state index < -0.39 is 0 Å². The van der Waals surface area contributed by atoms with Gasteiger partial charge in [0.15, 0.2) is 0 Å². The van der Waals surface area contributed by atoms with Gasteiger partial charge in [0.1, 0.15) is 5.75 Å². The fourth-order valence-electron chi connectivity index (χ4n) is 4.67. The summed E-state index contributed by atoms with van der Waals surface area (Å²) in [4.78, 5) is 15.0. The Bertz CT molecular complexity index is 997. The van der Waals surface area contributed by atoms with Crippen LogP contribution in [0.1, 0.15) is 95.1 Å². The van der Waals surface area contributed by atoms with Crippen molar-refractivity contribution in [1.29, 1.82) is 0 Å². The van der Waals surface area contributed by atoms with Crippen LogP contribution in [0.5, 0.6) is 5.75 Å². The molecule has 38 heavy (non-hydrogen) atoms. The summed E-state index contributed by atoms with van der Waals surface area (Å²) in [6.45, 7) is 3.75. The van der Waals surface area contributed by atoms with Crippen LogP contribution in [-0.2, 0) is 17.8 Å². The molecule has 1 heterocycles. The van der Waals surface area contributed by atoms with Gasteiger partial charge in [-0.25, -0.2) is 0 Å². The van der Waals surface area contributed by atoms with Gasteiger partial charge in [-0.1, -0.05) is 113 Å².